The van der Waals surface area contributed by atoms with E-state index in [0.717, 1.165) is 58.2 Å². The number of halogens is 1. The molecule has 1 saturated heterocycles. The molecule has 1 amide bonds. The fraction of sp³-hybridized carbons (Fsp3) is 0.895. The lowest BCUT2D eigenvalue weighted by molar-refractivity contribution is -0.127. The van der Waals surface area contributed by atoms with Crippen molar-refractivity contribution in [2.75, 3.05) is 60.0 Å². The zero-order chi connectivity index (χ0) is 19.2. The fourth-order valence-electron chi connectivity index (χ4n) is 2.78. The van der Waals surface area contributed by atoms with Crippen molar-refractivity contribution in [3.63, 3.8) is 0 Å². The maximum absolute atomic E-state index is 11.8. The van der Waals surface area contributed by atoms with Gasteiger partial charge in [-0.1, -0.05) is 26.2 Å². The van der Waals surface area contributed by atoms with Crippen LogP contribution < -0.4 is 10.6 Å². The van der Waals surface area contributed by atoms with Crippen LogP contribution >= 0.6 is 24.0 Å². The van der Waals surface area contributed by atoms with E-state index in [1.54, 1.807) is 19.0 Å². The second-order valence-corrected chi connectivity index (χ2v) is 7.23. The lowest BCUT2D eigenvalue weighted by Gasteiger charge is -2.26. The van der Waals surface area contributed by atoms with E-state index in [9.17, 15) is 4.79 Å². The summed E-state index contributed by atoms with van der Waals surface area (Å²) in [5.74, 6) is 0.754. The van der Waals surface area contributed by atoms with Crippen LogP contribution in [0.2, 0.25) is 0 Å². The Morgan fingerprint density at radius 2 is 1.93 bits per heavy atom. The minimum Gasteiger partial charge on any atom is -0.379 e. The van der Waals surface area contributed by atoms with Crippen molar-refractivity contribution in [3.05, 3.63) is 0 Å². The van der Waals surface area contributed by atoms with Crippen molar-refractivity contribution in [2.45, 2.75) is 52.0 Å². The van der Waals surface area contributed by atoms with Crippen molar-refractivity contribution in [1.29, 1.82) is 0 Å². The Kier molecular flexibility index (Phi) is 16.0. The molecule has 1 aliphatic heterocycles. The summed E-state index contributed by atoms with van der Waals surface area (Å²) in [5, 5.41) is 6.83. The van der Waals surface area contributed by atoms with Crippen molar-refractivity contribution in [3.8, 4) is 0 Å². The minimum atomic E-state index is 0. The third-order valence-electron chi connectivity index (χ3n) is 4.54. The third kappa shape index (κ3) is 13.2. The molecule has 8 heteroatoms. The molecular formula is C19H40IN5O2. The Labute approximate surface area is 182 Å². The van der Waals surface area contributed by atoms with E-state index in [4.69, 9.17) is 4.74 Å². The monoisotopic (exact) mass is 497 g/mol. The maximum Gasteiger partial charge on any atom is 0.243 e. The molecule has 0 aromatic rings. The Morgan fingerprint density at radius 3 is 2.56 bits per heavy atom. The predicted octanol–water partition coefficient (Wildman–Crippen LogP) is 1.92. The summed E-state index contributed by atoms with van der Waals surface area (Å²) < 4.78 is 5.38. The van der Waals surface area contributed by atoms with Crippen LogP contribution in [0.1, 0.15) is 46.0 Å². The number of hydrogen-bond acceptors (Lipinski definition) is 4. The Balaban J connectivity index is 0.00000676. The maximum atomic E-state index is 11.8. The molecule has 2 N–H and O–H groups in total. The van der Waals surface area contributed by atoms with Crippen LogP contribution in [0.15, 0.2) is 4.99 Å². The number of guanidine groups is 1. The SMILES string of the molecule is CCCCCC(C)NC(=NCC(=O)N(C)C)NCCCN1CCOCC1.I. The quantitative estimate of drug-likeness (QED) is 0.198. The number of likely N-dealkylation sites (N-methyl/N-ethyl adjacent to an activating group) is 1. The highest BCUT2D eigenvalue weighted by molar-refractivity contribution is 14.0. The Hall–Kier alpha value is -0.610. The average Bonchev–Trinajstić information content (AvgIpc) is 2.63. The summed E-state index contributed by atoms with van der Waals surface area (Å²) >= 11 is 0. The van der Waals surface area contributed by atoms with E-state index in [1.807, 2.05) is 0 Å². The van der Waals surface area contributed by atoms with Gasteiger partial charge in [-0.25, -0.2) is 4.99 Å². The molecule has 0 aromatic heterocycles. The lowest BCUT2D eigenvalue weighted by Crippen LogP contribution is -2.44. The summed E-state index contributed by atoms with van der Waals surface area (Å²) in [5.41, 5.74) is 0. The van der Waals surface area contributed by atoms with Gasteiger partial charge in [-0.05, 0) is 26.3 Å². The number of unbranched alkanes of at least 4 members (excludes halogenated alkanes) is 2. The number of carbonyl (C=O) groups is 1. The van der Waals surface area contributed by atoms with Crippen molar-refractivity contribution in [1.82, 2.24) is 20.4 Å². The molecule has 0 spiro atoms. The molecule has 1 aliphatic rings. The van der Waals surface area contributed by atoms with Gasteiger partial charge in [0.05, 0.1) is 13.2 Å². The first-order valence-electron chi connectivity index (χ1n) is 10.1. The minimum absolute atomic E-state index is 0. The van der Waals surface area contributed by atoms with Gasteiger partial charge in [-0.3, -0.25) is 9.69 Å². The molecule has 1 rings (SSSR count). The van der Waals surface area contributed by atoms with Gasteiger partial charge in [-0.15, -0.1) is 24.0 Å². The number of ether oxygens (including phenoxy) is 1. The van der Waals surface area contributed by atoms with Crippen LogP contribution in [0.25, 0.3) is 0 Å². The third-order valence-corrected chi connectivity index (χ3v) is 4.54. The van der Waals surface area contributed by atoms with Crippen molar-refractivity contribution in [2.24, 2.45) is 4.99 Å². The van der Waals surface area contributed by atoms with Crippen molar-refractivity contribution < 1.29 is 9.53 Å². The van der Waals surface area contributed by atoms with Gasteiger partial charge in [0.2, 0.25) is 5.91 Å². The Morgan fingerprint density at radius 1 is 1.22 bits per heavy atom. The van der Waals surface area contributed by atoms with Crippen LogP contribution in [0.4, 0.5) is 0 Å². The van der Waals surface area contributed by atoms with Gasteiger partial charge >= 0.3 is 0 Å². The average molecular weight is 497 g/mol. The van der Waals surface area contributed by atoms with E-state index >= 15 is 0 Å². The van der Waals surface area contributed by atoms with Gasteiger partial charge in [0, 0.05) is 39.8 Å². The lowest BCUT2D eigenvalue weighted by atomic mass is 10.1. The molecule has 1 heterocycles. The second kappa shape index (κ2) is 16.4. The molecule has 0 bridgehead atoms. The summed E-state index contributed by atoms with van der Waals surface area (Å²) in [6.07, 6.45) is 5.86. The molecule has 0 radical (unpaired) electrons. The van der Waals surface area contributed by atoms with Gasteiger partial charge in [0.1, 0.15) is 6.54 Å². The molecule has 27 heavy (non-hydrogen) atoms. The molecule has 0 aromatic carbocycles. The van der Waals surface area contributed by atoms with E-state index in [2.05, 4.69) is 34.4 Å². The van der Waals surface area contributed by atoms with Crippen LogP contribution in [0, 0.1) is 0 Å². The Bertz CT molecular complexity index is 415. The molecule has 7 nitrogen and oxygen atoms in total. The topological polar surface area (TPSA) is 69.2 Å². The van der Waals surface area contributed by atoms with Gasteiger partial charge in [0.15, 0.2) is 5.96 Å². The van der Waals surface area contributed by atoms with E-state index in [-0.39, 0.29) is 36.4 Å². The highest BCUT2D eigenvalue weighted by Crippen LogP contribution is 2.03. The number of rotatable bonds is 11. The van der Waals surface area contributed by atoms with E-state index < -0.39 is 0 Å². The standard InChI is InChI=1S/C19H39N5O2.HI/c1-5-6-7-9-17(2)22-19(21-16-18(25)23(3)4)20-10-8-11-24-12-14-26-15-13-24;/h17H,5-16H2,1-4H3,(H2,20,21,22);1H. The molecule has 1 unspecified atom stereocenters. The van der Waals surface area contributed by atoms with Crippen LogP contribution in [-0.4, -0.2) is 87.7 Å². The number of amides is 1. The van der Waals surface area contributed by atoms with Crippen LogP contribution in [0.5, 0.6) is 0 Å². The highest BCUT2D eigenvalue weighted by Gasteiger charge is 2.10. The number of nitrogens with one attached hydrogen (secondary N) is 2. The first-order chi connectivity index (χ1) is 12.5. The fourth-order valence-corrected chi connectivity index (χ4v) is 2.78. The smallest absolute Gasteiger partial charge is 0.243 e. The second-order valence-electron chi connectivity index (χ2n) is 7.23. The van der Waals surface area contributed by atoms with E-state index in [0.29, 0.717) is 6.04 Å². The van der Waals surface area contributed by atoms with Crippen molar-refractivity contribution >= 4 is 35.8 Å². The number of morpholine rings is 1. The number of carbonyl (C=O) groups excluding carboxylic acids is 1. The summed E-state index contributed by atoms with van der Waals surface area (Å²) in [7, 11) is 3.52. The summed E-state index contributed by atoms with van der Waals surface area (Å²) in [6.45, 7) is 10.2. The normalized spacial score (nSPS) is 16.4. The van der Waals surface area contributed by atoms with Gasteiger partial charge in [0.25, 0.3) is 0 Å². The van der Waals surface area contributed by atoms with E-state index in [1.165, 1.54) is 19.3 Å². The molecular weight excluding hydrogens is 457 g/mol. The number of hydrogen-bond donors (Lipinski definition) is 2. The molecule has 1 fully saturated rings. The summed E-state index contributed by atoms with van der Waals surface area (Å²) in [4.78, 5) is 20.3. The summed E-state index contributed by atoms with van der Waals surface area (Å²) in [6, 6.07) is 0.349. The first kappa shape index (κ1) is 26.4. The molecule has 0 aliphatic carbocycles. The molecule has 0 saturated carbocycles. The predicted molar refractivity (Wildman–Crippen MR) is 123 cm³/mol. The highest BCUT2D eigenvalue weighted by atomic mass is 127. The molecule has 160 valence electrons. The number of aliphatic imine (C=N–C) groups is 1. The number of nitrogens with zero attached hydrogens (tertiary/aromatic N) is 3. The first-order valence-corrected chi connectivity index (χ1v) is 10.1. The zero-order valence-electron chi connectivity index (χ0n) is 17.6. The zero-order valence-corrected chi connectivity index (χ0v) is 20.0. The van der Waals surface area contributed by atoms with Crippen LogP contribution in [-0.2, 0) is 9.53 Å². The molecule has 1 atom stereocenters. The van der Waals surface area contributed by atoms with Gasteiger partial charge < -0.3 is 20.3 Å². The largest absolute Gasteiger partial charge is 0.379 e. The van der Waals surface area contributed by atoms with Crippen LogP contribution in [0.3, 0.4) is 0 Å². The van der Waals surface area contributed by atoms with Gasteiger partial charge in [-0.2, -0.15) is 0 Å².